The van der Waals surface area contributed by atoms with Crippen LogP contribution in [0.2, 0.25) is 10.0 Å². The molecule has 0 bridgehead atoms. The number of hydrogen-bond acceptors (Lipinski definition) is 3. The van der Waals surface area contributed by atoms with Gasteiger partial charge in [-0.1, -0.05) is 29.3 Å². The third-order valence-corrected chi connectivity index (χ3v) is 5.40. The molecule has 0 saturated carbocycles. The summed E-state index contributed by atoms with van der Waals surface area (Å²) in [4.78, 5) is 23.7. The summed E-state index contributed by atoms with van der Waals surface area (Å²) in [5.74, 6) is -1.74. The number of aromatic carboxylic acids is 1. The Bertz CT molecular complexity index is 1270. The van der Waals surface area contributed by atoms with Gasteiger partial charge in [-0.25, -0.2) is 4.79 Å². The lowest BCUT2D eigenvalue weighted by molar-refractivity contribution is -0.112. The first-order valence-corrected chi connectivity index (χ1v) is 9.87. The molecular formula is C23H17Cl2N3O3. The van der Waals surface area contributed by atoms with Crippen LogP contribution in [0.25, 0.3) is 11.8 Å². The number of nitriles is 1. The molecule has 1 aromatic heterocycles. The Morgan fingerprint density at radius 3 is 2.48 bits per heavy atom. The molecule has 2 N–H and O–H groups in total. The molecule has 0 aliphatic carbocycles. The van der Waals surface area contributed by atoms with Crippen LogP contribution in [0.5, 0.6) is 0 Å². The standard InChI is InChI=1S/C23H17Cl2N3O3/c1-13-8-16(14(2)28(13)19-6-7-20(24)21(25)11-19)9-17(12-26)22(29)27-18-5-3-4-15(10-18)23(30)31/h3-11H,1-2H3,(H,27,29)(H,30,31)/b17-9+. The molecule has 0 spiro atoms. The van der Waals surface area contributed by atoms with Crippen LogP contribution >= 0.6 is 23.2 Å². The highest BCUT2D eigenvalue weighted by Gasteiger charge is 2.15. The van der Waals surface area contributed by atoms with Gasteiger partial charge in [-0.15, -0.1) is 0 Å². The lowest BCUT2D eigenvalue weighted by Crippen LogP contribution is -2.14. The van der Waals surface area contributed by atoms with E-state index < -0.39 is 11.9 Å². The maximum Gasteiger partial charge on any atom is 0.335 e. The number of carbonyl (C=O) groups is 2. The number of halogens is 2. The number of rotatable bonds is 5. The van der Waals surface area contributed by atoms with Gasteiger partial charge in [0.15, 0.2) is 0 Å². The average Bonchev–Trinajstić information content (AvgIpc) is 3.01. The SMILES string of the molecule is Cc1cc(/C=C(\C#N)C(=O)Nc2cccc(C(=O)O)c2)c(C)n1-c1ccc(Cl)c(Cl)c1. The van der Waals surface area contributed by atoms with Crippen LogP contribution in [-0.2, 0) is 4.79 Å². The van der Waals surface area contributed by atoms with Gasteiger partial charge in [0.05, 0.1) is 15.6 Å². The van der Waals surface area contributed by atoms with E-state index in [-0.39, 0.29) is 16.8 Å². The van der Waals surface area contributed by atoms with Gasteiger partial charge in [0.1, 0.15) is 11.6 Å². The van der Waals surface area contributed by atoms with E-state index in [4.69, 9.17) is 28.3 Å². The average molecular weight is 454 g/mol. The number of carboxylic acid groups (broad SMARTS) is 1. The van der Waals surface area contributed by atoms with Crippen LogP contribution < -0.4 is 5.32 Å². The Morgan fingerprint density at radius 2 is 1.84 bits per heavy atom. The molecule has 3 aromatic rings. The Labute approximate surface area is 188 Å². The number of aryl methyl sites for hydroxylation is 1. The summed E-state index contributed by atoms with van der Waals surface area (Å²) >= 11 is 12.1. The van der Waals surface area contributed by atoms with Crippen LogP contribution in [0.3, 0.4) is 0 Å². The largest absolute Gasteiger partial charge is 0.478 e. The van der Waals surface area contributed by atoms with Crippen molar-refractivity contribution in [3.05, 3.63) is 86.7 Å². The lowest BCUT2D eigenvalue weighted by atomic mass is 10.1. The smallest absolute Gasteiger partial charge is 0.335 e. The number of anilines is 1. The molecule has 8 heteroatoms. The highest BCUT2D eigenvalue weighted by molar-refractivity contribution is 6.42. The van der Waals surface area contributed by atoms with Crippen molar-refractivity contribution in [2.24, 2.45) is 0 Å². The van der Waals surface area contributed by atoms with E-state index in [1.165, 1.54) is 24.3 Å². The number of nitrogens with one attached hydrogen (secondary N) is 1. The maximum atomic E-state index is 12.6. The summed E-state index contributed by atoms with van der Waals surface area (Å²) in [6, 6.07) is 14.8. The van der Waals surface area contributed by atoms with E-state index in [9.17, 15) is 14.9 Å². The molecule has 0 radical (unpaired) electrons. The molecule has 3 rings (SSSR count). The van der Waals surface area contributed by atoms with Crippen LogP contribution in [0.4, 0.5) is 5.69 Å². The Morgan fingerprint density at radius 1 is 1.10 bits per heavy atom. The summed E-state index contributed by atoms with van der Waals surface area (Å²) < 4.78 is 1.94. The van der Waals surface area contributed by atoms with E-state index >= 15 is 0 Å². The Kier molecular flexibility index (Phi) is 6.50. The molecular weight excluding hydrogens is 437 g/mol. The number of carboxylic acids is 1. The number of benzene rings is 2. The Balaban J connectivity index is 1.93. The second kappa shape index (κ2) is 9.09. The van der Waals surface area contributed by atoms with E-state index in [1.54, 1.807) is 18.2 Å². The van der Waals surface area contributed by atoms with Crippen molar-refractivity contribution in [1.82, 2.24) is 4.57 Å². The van der Waals surface area contributed by atoms with Crippen LogP contribution in [0, 0.1) is 25.2 Å². The molecule has 0 aliphatic heterocycles. The minimum atomic E-state index is -1.11. The molecule has 6 nitrogen and oxygen atoms in total. The highest BCUT2D eigenvalue weighted by Crippen LogP contribution is 2.28. The third kappa shape index (κ3) is 4.80. The van der Waals surface area contributed by atoms with E-state index in [0.29, 0.717) is 15.6 Å². The highest BCUT2D eigenvalue weighted by atomic mass is 35.5. The predicted molar refractivity (Wildman–Crippen MR) is 121 cm³/mol. The first-order chi connectivity index (χ1) is 14.7. The minimum absolute atomic E-state index is 0.0328. The second-order valence-electron chi connectivity index (χ2n) is 6.77. The molecule has 0 fully saturated rings. The number of hydrogen-bond donors (Lipinski definition) is 2. The second-order valence-corrected chi connectivity index (χ2v) is 7.58. The van der Waals surface area contributed by atoms with Crippen molar-refractivity contribution < 1.29 is 14.7 Å². The van der Waals surface area contributed by atoms with Gasteiger partial charge in [-0.05, 0) is 68.0 Å². The van der Waals surface area contributed by atoms with Gasteiger partial charge < -0.3 is 15.0 Å². The molecule has 0 aliphatic rings. The molecule has 1 heterocycles. The number of carbonyl (C=O) groups excluding carboxylic acids is 1. The number of aromatic nitrogens is 1. The summed E-state index contributed by atoms with van der Waals surface area (Å²) in [6.45, 7) is 3.76. The molecule has 2 aromatic carbocycles. The first-order valence-electron chi connectivity index (χ1n) is 9.12. The number of nitrogens with zero attached hydrogens (tertiary/aromatic N) is 2. The molecule has 0 saturated heterocycles. The summed E-state index contributed by atoms with van der Waals surface area (Å²) in [7, 11) is 0. The lowest BCUT2D eigenvalue weighted by Gasteiger charge is -2.10. The fourth-order valence-electron chi connectivity index (χ4n) is 3.19. The summed E-state index contributed by atoms with van der Waals surface area (Å²) in [6.07, 6.45) is 1.49. The van der Waals surface area contributed by atoms with E-state index in [2.05, 4.69) is 5.32 Å². The molecule has 0 atom stereocenters. The molecule has 0 unspecified atom stereocenters. The first kappa shape index (κ1) is 22.2. The fourth-order valence-corrected chi connectivity index (χ4v) is 3.48. The monoisotopic (exact) mass is 453 g/mol. The topological polar surface area (TPSA) is 95.1 Å². The zero-order chi connectivity index (χ0) is 22.7. The van der Waals surface area contributed by atoms with Gasteiger partial charge in [0.25, 0.3) is 5.91 Å². The van der Waals surface area contributed by atoms with Gasteiger partial charge in [0, 0.05) is 22.8 Å². The normalized spacial score (nSPS) is 11.1. The van der Waals surface area contributed by atoms with Crippen molar-refractivity contribution in [2.75, 3.05) is 5.32 Å². The quantitative estimate of drug-likeness (QED) is 0.385. The van der Waals surface area contributed by atoms with Gasteiger partial charge >= 0.3 is 5.97 Å². The minimum Gasteiger partial charge on any atom is -0.478 e. The number of amides is 1. The maximum absolute atomic E-state index is 12.6. The Hall–Kier alpha value is -3.53. The van der Waals surface area contributed by atoms with Crippen molar-refractivity contribution >= 4 is 46.8 Å². The van der Waals surface area contributed by atoms with Gasteiger partial charge in [-0.2, -0.15) is 5.26 Å². The third-order valence-electron chi connectivity index (χ3n) is 4.66. The predicted octanol–water partition coefficient (Wildman–Crippen LogP) is 5.64. The zero-order valence-corrected chi connectivity index (χ0v) is 18.1. The van der Waals surface area contributed by atoms with Crippen molar-refractivity contribution in [1.29, 1.82) is 5.26 Å². The van der Waals surface area contributed by atoms with Crippen molar-refractivity contribution in [3.8, 4) is 11.8 Å². The van der Waals surface area contributed by atoms with Gasteiger partial charge in [-0.3, -0.25) is 4.79 Å². The van der Waals surface area contributed by atoms with Crippen LogP contribution in [0.15, 0.2) is 54.1 Å². The fraction of sp³-hybridized carbons (Fsp3) is 0.0870. The summed E-state index contributed by atoms with van der Waals surface area (Å²) in [5, 5.41) is 22.0. The molecule has 156 valence electrons. The van der Waals surface area contributed by atoms with Crippen LogP contribution in [-0.4, -0.2) is 21.6 Å². The van der Waals surface area contributed by atoms with E-state index in [0.717, 1.165) is 17.1 Å². The zero-order valence-electron chi connectivity index (χ0n) is 16.6. The van der Waals surface area contributed by atoms with Gasteiger partial charge in [0.2, 0.25) is 0 Å². The van der Waals surface area contributed by atoms with Crippen molar-refractivity contribution in [3.63, 3.8) is 0 Å². The van der Waals surface area contributed by atoms with Crippen LogP contribution in [0.1, 0.15) is 27.3 Å². The van der Waals surface area contributed by atoms with E-state index in [1.807, 2.05) is 36.6 Å². The molecule has 1 amide bonds. The summed E-state index contributed by atoms with van der Waals surface area (Å²) in [5.41, 5.74) is 3.39. The molecule has 31 heavy (non-hydrogen) atoms. The van der Waals surface area contributed by atoms with Crippen molar-refractivity contribution in [2.45, 2.75) is 13.8 Å².